The fourth-order valence-electron chi connectivity index (χ4n) is 13.2. The molecule has 0 bridgehead atoms. The number of aromatic nitrogens is 4. The Morgan fingerprint density at radius 3 is 1.93 bits per heavy atom. The van der Waals surface area contributed by atoms with Crippen LogP contribution in [-0.2, 0) is 90.2 Å². The van der Waals surface area contributed by atoms with Crippen molar-refractivity contribution in [2.45, 2.75) is 146 Å². The molecule has 1 aliphatic carbocycles. The minimum Gasteiger partial charge on any atom is -0.390 e. The summed E-state index contributed by atoms with van der Waals surface area (Å²) in [4.78, 5) is 81.4. The number of hydrogen-bond acceptors (Lipinski definition) is 26. The van der Waals surface area contributed by atoms with Crippen molar-refractivity contribution in [1.29, 1.82) is 0 Å². The minimum absolute atomic E-state index is 0.0185. The van der Waals surface area contributed by atoms with Crippen LogP contribution in [0.3, 0.4) is 0 Å². The van der Waals surface area contributed by atoms with Gasteiger partial charge in [0.15, 0.2) is 11.2 Å². The second kappa shape index (κ2) is 32.7. The zero-order valence-corrected chi connectivity index (χ0v) is 61.7. The van der Waals surface area contributed by atoms with Gasteiger partial charge in [-0.25, -0.2) is 33.1 Å². The van der Waals surface area contributed by atoms with Gasteiger partial charge in [0.05, 0.1) is 49.2 Å². The van der Waals surface area contributed by atoms with E-state index in [0.717, 1.165) is 74.8 Å². The van der Waals surface area contributed by atoms with Gasteiger partial charge >= 0.3 is 31.3 Å². The Bertz CT molecular complexity index is 4420. The molecule has 5 unspecified atom stereocenters. The van der Waals surface area contributed by atoms with E-state index in [2.05, 4.69) is 90.4 Å². The van der Waals surface area contributed by atoms with Crippen molar-refractivity contribution in [1.82, 2.24) is 24.8 Å². The number of carbonyl (C=O) groups is 1. The molecule has 2 saturated heterocycles. The van der Waals surface area contributed by atoms with Gasteiger partial charge in [-0.1, -0.05) is 75.4 Å². The van der Waals surface area contributed by atoms with Crippen LogP contribution in [0.5, 0.6) is 0 Å². The lowest BCUT2D eigenvalue weighted by atomic mass is 9.82. The molecule has 4 aliphatic heterocycles. The highest BCUT2D eigenvalue weighted by Gasteiger charge is 2.48. The molecule has 12 N–H and O–H groups in total. The van der Waals surface area contributed by atoms with E-state index < -0.39 is 111 Å². The van der Waals surface area contributed by atoms with Gasteiger partial charge < -0.3 is 50.3 Å². The topological polar surface area (TPSA) is 500 Å². The number of aromatic amines is 1. The molecule has 6 heterocycles. The largest absolute Gasteiger partial charge is 0.490 e. The van der Waals surface area contributed by atoms with Crippen molar-refractivity contribution >= 4 is 104 Å². The summed E-state index contributed by atoms with van der Waals surface area (Å²) in [6, 6.07) is 11.7. The van der Waals surface area contributed by atoms with E-state index >= 15 is 0 Å². The van der Waals surface area contributed by atoms with Gasteiger partial charge in [-0.05, 0) is 99.4 Å². The molecule has 9 rings (SSSR count). The number of carbonyl (C=O) groups excluding carboxylic acids is 1. The summed E-state index contributed by atoms with van der Waals surface area (Å²) in [5, 5.41) is 26.3. The summed E-state index contributed by atoms with van der Waals surface area (Å²) in [5.41, 5.74) is 13.3. The number of nitrogens with two attached hydrogens (primary N) is 1. The number of hydrogen-bond donors (Lipinski definition) is 11. The van der Waals surface area contributed by atoms with E-state index in [9.17, 15) is 78.5 Å². The molecule has 42 heteroatoms. The number of benzene rings is 2. The van der Waals surface area contributed by atoms with E-state index in [4.69, 9.17) is 24.6 Å². The van der Waals surface area contributed by atoms with Gasteiger partial charge in [0.2, 0.25) is 17.6 Å². The lowest BCUT2D eigenvalue weighted by Gasteiger charge is -2.28. The SMILES string of the molecule is Cc1ccc2c(c1)C(C)(C)/C(=C/C=C1\CCCC(=CC=C3N(CCCS(=O)(=O)O)c4ccc(SOOO)cc4C3(C)C)C1=[N+]1CCC(C(=O)NCCCCCCOP(=O)(O)OP(=O)(O)OP(=O)(O)OP(=O)(O)OC[C@H]3O[C@@H](n4cnc5c(=O)[nH]c(N)nc54)CC3O)CC1)N2CCCS(=O)(=O)O. The van der Waals surface area contributed by atoms with Crippen molar-refractivity contribution in [2.24, 2.45) is 5.92 Å². The van der Waals surface area contributed by atoms with Gasteiger partial charge in [0, 0.05) is 94.5 Å². The molecule has 1 amide bonds. The third kappa shape index (κ3) is 20.9. The normalized spacial score (nSPS) is 24.1. The number of nitrogen functional groups attached to an aromatic ring is 1. The third-order valence-corrected chi connectivity index (χ3v) is 25.9. The van der Waals surface area contributed by atoms with Gasteiger partial charge in [0.25, 0.3) is 25.8 Å². The maximum absolute atomic E-state index is 13.8. The Labute approximate surface area is 586 Å². The third-order valence-electron chi connectivity index (χ3n) is 17.8. The van der Waals surface area contributed by atoms with Crippen molar-refractivity contribution in [2.75, 3.05) is 73.0 Å². The zero-order valence-electron chi connectivity index (χ0n) is 55.7. The number of nitrogens with one attached hydrogen (secondary N) is 2. The highest BCUT2D eigenvalue weighted by Crippen LogP contribution is 2.71. The molecule has 2 aromatic carbocycles. The number of H-pyrrole nitrogens is 1. The van der Waals surface area contributed by atoms with Crippen LogP contribution in [0.2, 0.25) is 0 Å². The second-order valence-electron chi connectivity index (χ2n) is 25.9. The molecular weight excluding hydrogens is 1470 g/mol. The van der Waals surface area contributed by atoms with Crippen molar-refractivity contribution in [3.63, 3.8) is 0 Å². The monoisotopic (exact) mass is 1550 g/mol. The maximum Gasteiger partial charge on any atom is 0.490 e. The average molecular weight is 1560 g/mol. The van der Waals surface area contributed by atoms with Gasteiger partial charge in [-0.15, -0.1) is 4.33 Å². The van der Waals surface area contributed by atoms with E-state index in [1.54, 1.807) is 6.07 Å². The number of nitrogens with zero attached hydrogens (tertiary/aromatic N) is 6. The number of aliphatic hydroxyl groups is 1. The highest BCUT2D eigenvalue weighted by molar-refractivity contribution is 7.94. The Balaban J connectivity index is 0.806. The minimum atomic E-state index is -6.13. The number of aryl methyl sites for hydroxylation is 1. The Kier molecular flexibility index (Phi) is 25.9. The number of rotatable bonds is 32. The number of phosphoric acid groups is 4. The van der Waals surface area contributed by atoms with Gasteiger partial charge in [-0.3, -0.25) is 37.3 Å². The fourth-order valence-corrected chi connectivity index (χ4v) is 19.5. The van der Waals surface area contributed by atoms with Crippen molar-refractivity contribution < 1.29 is 120 Å². The molecule has 4 aromatic rings. The number of phosphoric ester groups is 2. The predicted octanol–water partition coefficient (Wildman–Crippen LogP) is 8.07. The van der Waals surface area contributed by atoms with E-state index in [1.165, 1.54) is 10.9 Å². The standard InChI is InChI=1S/C59H83N9O26P4S3/c1-38-15-19-45-43(33-38)58(2,3)49(66(45)26-11-31-100(81,82)83)21-16-39-13-10-14-40(17-22-50-59(4,5)44-34-42(99-91-90-72)18-20-46(44)67(50)27-12-32-101(84,85)86)53(39)65-28-23-41(24-29-65)55(70)61-25-8-6-7-9-30-87-95(73,74)92-97(77,78)94-98(79,80)93-96(75,76)88-36-48-47(69)35-51(89-48)68-37-62-52-54(68)63-57(60)64-56(52)71/h15-22,33-34,37,41,47-48,51,69H,6-14,23-32,35-36H2,1-5H3,(H10-,60,61,63,64,70,71,72,73,74,75,76,77,78,79,80,81,82,83,84,85,86)/p+1/t47?,48-,51-/m1/s1. The molecule has 7 atom stereocenters. The number of ether oxygens (including phenoxy) is 1. The van der Waals surface area contributed by atoms with Crippen LogP contribution in [-0.4, -0.2) is 161 Å². The second-order valence-corrected chi connectivity index (χ2v) is 36.0. The Morgan fingerprint density at radius 2 is 1.35 bits per heavy atom. The summed E-state index contributed by atoms with van der Waals surface area (Å²) in [6.45, 7) is 10.7. The van der Waals surface area contributed by atoms with E-state index in [-0.39, 0.29) is 67.7 Å². The number of imidazole rings is 1. The molecule has 5 aliphatic rings. The number of allylic oxidation sites excluding steroid dienone is 8. The van der Waals surface area contributed by atoms with E-state index in [0.29, 0.717) is 69.5 Å². The van der Waals surface area contributed by atoms with Crippen LogP contribution in [0.1, 0.15) is 128 Å². The van der Waals surface area contributed by atoms with Crippen molar-refractivity contribution in [3.05, 3.63) is 117 Å². The molecule has 1 saturated carbocycles. The molecule has 101 heavy (non-hydrogen) atoms. The van der Waals surface area contributed by atoms with Crippen molar-refractivity contribution in [3.8, 4) is 0 Å². The Morgan fingerprint density at radius 1 is 0.792 bits per heavy atom. The number of piperidine rings is 1. The molecule has 0 radical (unpaired) electrons. The lowest BCUT2D eigenvalue weighted by Crippen LogP contribution is -2.40. The lowest BCUT2D eigenvalue weighted by molar-refractivity contribution is -0.539. The van der Waals surface area contributed by atoms with Crippen LogP contribution in [0.15, 0.2) is 99.3 Å². The smallest absolute Gasteiger partial charge is 0.390 e. The number of aliphatic hydroxyl groups excluding tert-OH is 1. The molecule has 3 fully saturated rings. The molecule has 35 nitrogen and oxygen atoms in total. The van der Waals surface area contributed by atoms with Crippen LogP contribution in [0.4, 0.5) is 17.3 Å². The highest BCUT2D eigenvalue weighted by atomic mass is 32.2. The predicted molar refractivity (Wildman–Crippen MR) is 368 cm³/mol. The van der Waals surface area contributed by atoms with Crippen LogP contribution >= 0.6 is 43.3 Å². The number of amides is 1. The maximum atomic E-state index is 13.8. The van der Waals surface area contributed by atoms with Gasteiger partial charge in [-0.2, -0.15) is 34.8 Å². The summed E-state index contributed by atoms with van der Waals surface area (Å²) in [6.07, 6.45) is 10.4. The Hall–Kier alpha value is -5.18. The number of fused-ring (bicyclic) bond motifs is 3. The average Bonchev–Trinajstić information content (AvgIpc) is 1.60. The van der Waals surface area contributed by atoms with Crippen LogP contribution in [0, 0.1) is 12.8 Å². The first-order valence-corrected chi connectivity index (χ1v) is 42.1. The quantitative estimate of drug-likeness (QED) is 0.00418. The van der Waals surface area contributed by atoms with Crippen LogP contribution < -0.4 is 26.4 Å². The molecule has 558 valence electrons. The number of anilines is 3. The zero-order chi connectivity index (χ0) is 73.7. The summed E-state index contributed by atoms with van der Waals surface area (Å²) < 4.78 is 153. The number of unbranched alkanes of at least 4 members (excludes halogenated alkanes) is 3. The summed E-state index contributed by atoms with van der Waals surface area (Å²) >= 11 is 0.807. The first-order chi connectivity index (χ1) is 47.3. The summed E-state index contributed by atoms with van der Waals surface area (Å²) in [7, 11) is -32.0. The molecular formula is C59H84N9O26P4S3+. The fraction of sp³-hybridized carbons (Fsp3) is 0.542. The van der Waals surface area contributed by atoms with E-state index in [1.807, 2.05) is 56.0 Å². The first kappa shape index (κ1) is 79.9. The van der Waals surface area contributed by atoms with Gasteiger partial charge in [0.1, 0.15) is 25.4 Å². The van der Waals surface area contributed by atoms with Crippen LogP contribution in [0.25, 0.3) is 11.2 Å². The summed E-state index contributed by atoms with van der Waals surface area (Å²) in [5.74, 6) is -1.61. The first-order valence-electron chi connectivity index (χ1n) is 32.1. The molecule has 2 aromatic heterocycles. The molecule has 0 spiro atoms.